The van der Waals surface area contributed by atoms with Crippen molar-refractivity contribution in [3.8, 4) is 0 Å². The van der Waals surface area contributed by atoms with E-state index in [4.69, 9.17) is 4.98 Å². The summed E-state index contributed by atoms with van der Waals surface area (Å²) < 4.78 is 1.54. The largest absolute Gasteiger partial charge is 0.300 e. The molecule has 0 N–H and O–H groups in total. The molecule has 3 aromatic rings. The van der Waals surface area contributed by atoms with E-state index in [9.17, 15) is 9.59 Å². The first kappa shape index (κ1) is 16.3. The third-order valence-corrected chi connectivity index (χ3v) is 4.85. The molecule has 2 heterocycles. The lowest BCUT2D eigenvalue weighted by atomic mass is 10.0. The van der Waals surface area contributed by atoms with E-state index in [1.165, 1.54) is 4.57 Å². The van der Waals surface area contributed by atoms with Crippen molar-refractivity contribution in [1.82, 2.24) is 9.55 Å². The molecule has 0 spiro atoms. The number of benzene rings is 2. The predicted molar refractivity (Wildman–Crippen MR) is 102 cm³/mol. The first-order valence-corrected chi connectivity index (χ1v) is 8.63. The van der Waals surface area contributed by atoms with Gasteiger partial charge in [-0.25, -0.2) is 4.98 Å². The van der Waals surface area contributed by atoms with Gasteiger partial charge >= 0.3 is 0 Å². The smallest absolute Gasteiger partial charge is 0.262 e. The van der Waals surface area contributed by atoms with Crippen molar-refractivity contribution < 1.29 is 4.79 Å². The minimum absolute atomic E-state index is 0.116. The Morgan fingerprint density at radius 2 is 1.77 bits per heavy atom. The van der Waals surface area contributed by atoms with Crippen LogP contribution in [0.4, 0.5) is 5.69 Å². The molecule has 130 valence electrons. The Morgan fingerprint density at radius 3 is 2.50 bits per heavy atom. The topological polar surface area (TPSA) is 55.2 Å². The van der Waals surface area contributed by atoms with Crippen LogP contribution in [0.5, 0.6) is 0 Å². The fourth-order valence-corrected chi connectivity index (χ4v) is 3.62. The van der Waals surface area contributed by atoms with Gasteiger partial charge < -0.3 is 0 Å². The summed E-state index contributed by atoms with van der Waals surface area (Å²) in [6.07, 6.45) is 2.27. The number of carbonyl (C=O) groups is 1. The summed E-state index contributed by atoms with van der Waals surface area (Å²) in [5.41, 5.74) is 1.27. The van der Waals surface area contributed by atoms with Gasteiger partial charge in [-0.05, 0) is 37.6 Å². The van der Waals surface area contributed by atoms with E-state index in [-0.39, 0.29) is 17.5 Å². The number of rotatable bonds is 3. The third-order valence-electron chi connectivity index (χ3n) is 4.85. The van der Waals surface area contributed by atoms with Gasteiger partial charge in [0.25, 0.3) is 11.5 Å². The zero-order valence-electron chi connectivity index (χ0n) is 14.5. The van der Waals surface area contributed by atoms with Crippen LogP contribution in [0, 0.1) is 0 Å². The lowest BCUT2D eigenvalue weighted by molar-refractivity contribution is -0.123. The molecule has 1 aromatic heterocycles. The molecule has 4 rings (SSSR count). The van der Waals surface area contributed by atoms with Gasteiger partial charge in [0.15, 0.2) is 0 Å². The van der Waals surface area contributed by atoms with Crippen molar-refractivity contribution in [3.05, 3.63) is 83.4 Å². The van der Waals surface area contributed by atoms with Gasteiger partial charge in [0, 0.05) is 5.69 Å². The molecular formula is C21H19N3O2. The lowest BCUT2D eigenvalue weighted by Gasteiger charge is -2.39. The van der Waals surface area contributed by atoms with Crippen LogP contribution in [0.25, 0.3) is 10.9 Å². The maximum atomic E-state index is 13.2. The second-order valence-corrected chi connectivity index (χ2v) is 6.42. The van der Waals surface area contributed by atoms with Crippen molar-refractivity contribution in [2.75, 3.05) is 4.90 Å². The molecule has 5 heteroatoms. The first-order valence-electron chi connectivity index (χ1n) is 8.63. The minimum Gasteiger partial charge on any atom is -0.300 e. The van der Waals surface area contributed by atoms with E-state index in [2.05, 4.69) is 6.58 Å². The van der Waals surface area contributed by atoms with Crippen molar-refractivity contribution in [3.63, 3.8) is 0 Å². The van der Waals surface area contributed by atoms with Gasteiger partial charge in [0.1, 0.15) is 11.9 Å². The van der Waals surface area contributed by atoms with E-state index in [0.29, 0.717) is 23.1 Å². The highest BCUT2D eigenvalue weighted by Gasteiger charge is 2.39. The molecule has 0 unspecified atom stereocenters. The van der Waals surface area contributed by atoms with E-state index in [1.807, 2.05) is 48.5 Å². The number of aromatic nitrogens is 2. The van der Waals surface area contributed by atoms with E-state index in [1.54, 1.807) is 24.0 Å². The second-order valence-electron chi connectivity index (χ2n) is 6.42. The molecule has 0 saturated carbocycles. The van der Waals surface area contributed by atoms with Crippen LogP contribution in [-0.4, -0.2) is 15.5 Å². The van der Waals surface area contributed by atoms with Gasteiger partial charge in [0.05, 0.1) is 16.9 Å². The van der Waals surface area contributed by atoms with Crippen LogP contribution in [0.2, 0.25) is 0 Å². The van der Waals surface area contributed by atoms with Gasteiger partial charge in [-0.15, -0.1) is 6.58 Å². The van der Waals surface area contributed by atoms with Crippen LogP contribution in [0.15, 0.2) is 72.0 Å². The average molecular weight is 345 g/mol. The van der Waals surface area contributed by atoms with Gasteiger partial charge in [-0.1, -0.05) is 36.4 Å². The highest BCUT2D eigenvalue weighted by Crippen LogP contribution is 2.36. The Kier molecular flexibility index (Phi) is 3.92. The molecule has 2 aromatic carbocycles. The SMILES string of the molecule is C=CC[C@H]1c2nc3ccccc3c(=O)n2[C@@H](C)C(=O)N1c1ccccc1. The van der Waals surface area contributed by atoms with E-state index in [0.717, 1.165) is 5.69 Å². The van der Waals surface area contributed by atoms with Gasteiger partial charge in [-0.2, -0.15) is 0 Å². The molecule has 1 amide bonds. The molecule has 0 bridgehead atoms. The van der Waals surface area contributed by atoms with Crippen molar-refractivity contribution in [2.45, 2.75) is 25.4 Å². The number of para-hydroxylation sites is 2. The standard InChI is InChI=1S/C21H19N3O2/c1-3-9-18-19-22-17-13-8-7-12-16(17)21(26)23(19)14(2)20(25)24(18)15-10-5-4-6-11-15/h3-8,10-14,18H,1,9H2,2H3/t14-,18-/m0/s1. The summed E-state index contributed by atoms with van der Waals surface area (Å²) in [5.74, 6) is 0.485. The van der Waals surface area contributed by atoms with E-state index < -0.39 is 6.04 Å². The maximum absolute atomic E-state index is 13.2. The number of carbonyl (C=O) groups excluding carboxylic acids is 1. The van der Waals surface area contributed by atoms with Crippen molar-refractivity contribution in [1.29, 1.82) is 0 Å². The van der Waals surface area contributed by atoms with Crippen LogP contribution >= 0.6 is 0 Å². The van der Waals surface area contributed by atoms with Crippen LogP contribution < -0.4 is 10.5 Å². The number of anilines is 1. The molecule has 2 atom stereocenters. The monoisotopic (exact) mass is 345 g/mol. The van der Waals surface area contributed by atoms with Crippen molar-refractivity contribution in [2.24, 2.45) is 0 Å². The number of nitrogens with zero attached hydrogens (tertiary/aromatic N) is 3. The quantitative estimate of drug-likeness (QED) is 0.681. The van der Waals surface area contributed by atoms with Crippen LogP contribution in [-0.2, 0) is 4.79 Å². The highest BCUT2D eigenvalue weighted by molar-refractivity contribution is 5.98. The average Bonchev–Trinajstić information content (AvgIpc) is 2.67. The Morgan fingerprint density at radius 1 is 1.08 bits per heavy atom. The summed E-state index contributed by atoms with van der Waals surface area (Å²) in [6, 6.07) is 15.8. The molecule has 0 radical (unpaired) electrons. The highest BCUT2D eigenvalue weighted by atomic mass is 16.2. The van der Waals surface area contributed by atoms with Crippen molar-refractivity contribution >= 4 is 22.5 Å². The van der Waals surface area contributed by atoms with Gasteiger partial charge in [0.2, 0.25) is 0 Å². The molecule has 26 heavy (non-hydrogen) atoms. The Bertz CT molecular complexity index is 1060. The summed E-state index contributed by atoms with van der Waals surface area (Å²) in [6.45, 7) is 5.59. The zero-order valence-corrected chi connectivity index (χ0v) is 14.5. The second kappa shape index (κ2) is 6.26. The molecule has 0 fully saturated rings. The molecule has 0 aliphatic carbocycles. The summed E-state index contributed by atoms with van der Waals surface area (Å²) in [7, 11) is 0. The number of amides is 1. The zero-order chi connectivity index (χ0) is 18.3. The Balaban J connectivity index is 2.01. The normalized spacial score (nSPS) is 19.4. The predicted octanol–water partition coefficient (Wildman–Crippen LogP) is 3.62. The molecule has 0 saturated heterocycles. The minimum atomic E-state index is -0.615. The third kappa shape index (κ3) is 2.36. The first-order chi connectivity index (χ1) is 12.6. The lowest BCUT2D eigenvalue weighted by Crippen LogP contribution is -2.49. The summed E-state index contributed by atoms with van der Waals surface area (Å²) >= 11 is 0. The maximum Gasteiger partial charge on any atom is 0.262 e. The fourth-order valence-electron chi connectivity index (χ4n) is 3.62. The Labute approximate surface area is 151 Å². The molecule has 1 aliphatic rings. The van der Waals surface area contributed by atoms with Crippen LogP contribution in [0.1, 0.15) is 31.3 Å². The number of fused-ring (bicyclic) bond motifs is 2. The van der Waals surface area contributed by atoms with Crippen LogP contribution in [0.3, 0.4) is 0 Å². The summed E-state index contributed by atoms with van der Waals surface area (Å²) in [4.78, 5) is 32.7. The summed E-state index contributed by atoms with van der Waals surface area (Å²) in [5, 5.41) is 0.529. The fraction of sp³-hybridized carbons (Fsp3) is 0.190. The Hall–Kier alpha value is -3.21. The molecular weight excluding hydrogens is 326 g/mol. The molecule has 5 nitrogen and oxygen atoms in total. The van der Waals surface area contributed by atoms with Gasteiger partial charge in [-0.3, -0.25) is 19.1 Å². The number of hydrogen-bond donors (Lipinski definition) is 0. The number of hydrogen-bond acceptors (Lipinski definition) is 3. The molecule has 1 aliphatic heterocycles. The van der Waals surface area contributed by atoms with E-state index >= 15 is 0 Å².